The lowest BCUT2D eigenvalue weighted by atomic mass is 10.2. The predicted octanol–water partition coefficient (Wildman–Crippen LogP) is 2.40. The zero-order valence-corrected chi connectivity index (χ0v) is 13.0. The van der Waals surface area contributed by atoms with Gasteiger partial charge in [-0.1, -0.05) is 19.9 Å². The number of amides is 1. The standard InChI is InChI=1S/C16H23NO4/c1-5-17-15(18)12(4)21-16(19)13-7-6-8-14(9-13)20-10-11(2)3/h6-9,11-12H,5,10H2,1-4H3,(H,17,18)/t12-/m0/s1. The topological polar surface area (TPSA) is 64.6 Å². The number of nitrogens with one attached hydrogen (secondary N) is 1. The molecule has 1 amide bonds. The van der Waals surface area contributed by atoms with Gasteiger partial charge in [0.05, 0.1) is 12.2 Å². The molecule has 116 valence electrons. The van der Waals surface area contributed by atoms with Gasteiger partial charge < -0.3 is 14.8 Å². The second-order valence-electron chi connectivity index (χ2n) is 5.17. The monoisotopic (exact) mass is 293 g/mol. The van der Waals surface area contributed by atoms with E-state index in [0.29, 0.717) is 30.4 Å². The summed E-state index contributed by atoms with van der Waals surface area (Å²) in [4.78, 5) is 23.5. The Balaban J connectivity index is 2.65. The molecule has 0 unspecified atom stereocenters. The van der Waals surface area contributed by atoms with Gasteiger partial charge in [-0.05, 0) is 38.0 Å². The summed E-state index contributed by atoms with van der Waals surface area (Å²) < 4.78 is 10.7. The van der Waals surface area contributed by atoms with Crippen LogP contribution >= 0.6 is 0 Å². The van der Waals surface area contributed by atoms with Crippen molar-refractivity contribution in [3.63, 3.8) is 0 Å². The highest BCUT2D eigenvalue weighted by Gasteiger charge is 2.18. The fourth-order valence-electron chi connectivity index (χ4n) is 1.58. The first-order valence-electron chi connectivity index (χ1n) is 7.15. The van der Waals surface area contributed by atoms with Crippen LogP contribution in [0.25, 0.3) is 0 Å². The van der Waals surface area contributed by atoms with Gasteiger partial charge in [-0.15, -0.1) is 0 Å². The molecule has 0 saturated carbocycles. The van der Waals surface area contributed by atoms with Crippen molar-refractivity contribution in [2.24, 2.45) is 5.92 Å². The van der Waals surface area contributed by atoms with Crippen LogP contribution < -0.4 is 10.1 Å². The van der Waals surface area contributed by atoms with Crippen LogP contribution in [-0.2, 0) is 9.53 Å². The maximum Gasteiger partial charge on any atom is 0.339 e. The van der Waals surface area contributed by atoms with E-state index in [1.807, 2.05) is 20.8 Å². The molecule has 1 rings (SSSR count). The van der Waals surface area contributed by atoms with Crippen LogP contribution in [0.3, 0.4) is 0 Å². The third kappa shape index (κ3) is 5.85. The van der Waals surface area contributed by atoms with Crippen molar-refractivity contribution in [3.8, 4) is 5.75 Å². The van der Waals surface area contributed by atoms with Crippen LogP contribution in [0.5, 0.6) is 5.75 Å². The minimum Gasteiger partial charge on any atom is -0.493 e. The first kappa shape index (κ1) is 17.0. The number of esters is 1. The molecular weight excluding hydrogens is 270 g/mol. The lowest BCUT2D eigenvalue weighted by molar-refractivity contribution is -0.128. The lowest BCUT2D eigenvalue weighted by Gasteiger charge is -2.13. The van der Waals surface area contributed by atoms with Crippen LogP contribution in [0.1, 0.15) is 38.1 Å². The number of carbonyl (C=O) groups is 2. The molecule has 1 aromatic carbocycles. The normalized spacial score (nSPS) is 11.9. The minimum absolute atomic E-state index is 0.307. The summed E-state index contributed by atoms with van der Waals surface area (Å²) in [5, 5.41) is 2.61. The summed E-state index contributed by atoms with van der Waals surface area (Å²) in [5.41, 5.74) is 0.368. The highest BCUT2D eigenvalue weighted by Crippen LogP contribution is 2.15. The van der Waals surface area contributed by atoms with E-state index in [-0.39, 0.29) is 5.91 Å². The average Bonchev–Trinajstić information content (AvgIpc) is 2.45. The summed E-state index contributed by atoms with van der Waals surface area (Å²) in [5.74, 6) is 0.170. The highest BCUT2D eigenvalue weighted by molar-refractivity contribution is 5.92. The van der Waals surface area contributed by atoms with Gasteiger partial charge in [-0.25, -0.2) is 4.79 Å². The van der Waals surface area contributed by atoms with Gasteiger partial charge in [-0.2, -0.15) is 0 Å². The summed E-state index contributed by atoms with van der Waals surface area (Å²) in [6.07, 6.45) is -0.822. The molecule has 0 spiro atoms. The Labute approximate surface area is 125 Å². The van der Waals surface area contributed by atoms with Crippen molar-refractivity contribution in [3.05, 3.63) is 29.8 Å². The summed E-state index contributed by atoms with van der Waals surface area (Å²) in [7, 11) is 0. The Morgan fingerprint density at radius 2 is 1.95 bits per heavy atom. The maximum atomic E-state index is 12.0. The number of ether oxygens (including phenoxy) is 2. The number of rotatable bonds is 7. The fraction of sp³-hybridized carbons (Fsp3) is 0.500. The molecule has 0 bridgehead atoms. The van der Waals surface area contributed by atoms with E-state index >= 15 is 0 Å². The van der Waals surface area contributed by atoms with Crippen molar-refractivity contribution < 1.29 is 19.1 Å². The van der Waals surface area contributed by atoms with E-state index in [2.05, 4.69) is 5.32 Å². The van der Waals surface area contributed by atoms with E-state index in [1.54, 1.807) is 31.2 Å². The predicted molar refractivity (Wildman–Crippen MR) is 80.3 cm³/mol. The molecule has 0 saturated heterocycles. The third-order valence-corrected chi connectivity index (χ3v) is 2.66. The summed E-state index contributed by atoms with van der Waals surface area (Å²) >= 11 is 0. The van der Waals surface area contributed by atoms with Gasteiger partial charge >= 0.3 is 5.97 Å². The largest absolute Gasteiger partial charge is 0.493 e. The molecule has 5 heteroatoms. The van der Waals surface area contributed by atoms with Crippen molar-refractivity contribution in [2.45, 2.75) is 33.8 Å². The van der Waals surface area contributed by atoms with Crippen LogP contribution in [0.4, 0.5) is 0 Å². The number of hydrogen-bond donors (Lipinski definition) is 1. The Kier molecular flexibility index (Phi) is 6.72. The van der Waals surface area contributed by atoms with Crippen LogP contribution in [-0.4, -0.2) is 31.1 Å². The number of hydrogen-bond acceptors (Lipinski definition) is 4. The summed E-state index contributed by atoms with van der Waals surface area (Å²) in [6.45, 7) is 8.52. The van der Waals surface area contributed by atoms with Gasteiger partial charge in [0, 0.05) is 6.54 Å². The smallest absolute Gasteiger partial charge is 0.339 e. The molecule has 0 aliphatic carbocycles. The van der Waals surface area contributed by atoms with E-state index in [1.165, 1.54) is 0 Å². The lowest BCUT2D eigenvalue weighted by Crippen LogP contribution is -2.35. The zero-order chi connectivity index (χ0) is 15.8. The quantitative estimate of drug-likeness (QED) is 0.784. The third-order valence-electron chi connectivity index (χ3n) is 2.66. The molecular formula is C16H23NO4. The van der Waals surface area contributed by atoms with Crippen molar-refractivity contribution >= 4 is 11.9 Å². The number of likely N-dealkylation sites (N-methyl/N-ethyl adjacent to an activating group) is 1. The Morgan fingerprint density at radius 1 is 1.24 bits per heavy atom. The molecule has 0 heterocycles. The highest BCUT2D eigenvalue weighted by atomic mass is 16.5. The van der Waals surface area contributed by atoms with Crippen LogP contribution in [0, 0.1) is 5.92 Å². The van der Waals surface area contributed by atoms with Crippen molar-refractivity contribution in [2.75, 3.05) is 13.2 Å². The molecule has 0 radical (unpaired) electrons. The fourth-order valence-corrected chi connectivity index (χ4v) is 1.58. The van der Waals surface area contributed by atoms with E-state index < -0.39 is 12.1 Å². The van der Waals surface area contributed by atoms with Gasteiger partial charge in [0.25, 0.3) is 5.91 Å². The Hall–Kier alpha value is -2.04. The molecule has 0 fully saturated rings. The number of carbonyl (C=O) groups excluding carboxylic acids is 2. The van der Waals surface area contributed by atoms with Gasteiger partial charge in [-0.3, -0.25) is 4.79 Å². The van der Waals surface area contributed by atoms with E-state index in [9.17, 15) is 9.59 Å². The second-order valence-corrected chi connectivity index (χ2v) is 5.17. The van der Waals surface area contributed by atoms with Gasteiger partial charge in [0.1, 0.15) is 5.75 Å². The molecule has 1 aromatic rings. The van der Waals surface area contributed by atoms with E-state index in [4.69, 9.17) is 9.47 Å². The van der Waals surface area contributed by atoms with Crippen molar-refractivity contribution in [1.82, 2.24) is 5.32 Å². The average molecular weight is 293 g/mol. The van der Waals surface area contributed by atoms with Crippen LogP contribution in [0.2, 0.25) is 0 Å². The molecule has 5 nitrogen and oxygen atoms in total. The molecule has 0 aromatic heterocycles. The van der Waals surface area contributed by atoms with Crippen LogP contribution in [0.15, 0.2) is 24.3 Å². The first-order chi connectivity index (χ1) is 9.93. The van der Waals surface area contributed by atoms with Gasteiger partial charge in [0.15, 0.2) is 6.10 Å². The minimum atomic E-state index is -0.822. The summed E-state index contributed by atoms with van der Waals surface area (Å²) in [6, 6.07) is 6.76. The molecule has 0 aliphatic heterocycles. The maximum absolute atomic E-state index is 12.0. The zero-order valence-electron chi connectivity index (χ0n) is 13.0. The van der Waals surface area contributed by atoms with Crippen molar-refractivity contribution in [1.29, 1.82) is 0 Å². The second kappa shape index (κ2) is 8.29. The molecule has 1 atom stereocenters. The molecule has 1 N–H and O–H groups in total. The molecule has 21 heavy (non-hydrogen) atoms. The van der Waals surface area contributed by atoms with Gasteiger partial charge in [0.2, 0.25) is 0 Å². The SMILES string of the molecule is CCNC(=O)[C@H](C)OC(=O)c1cccc(OCC(C)C)c1. The van der Waals surface area contributed by atoms with E-state index in [0.717, 1.165) is 0 Å². The Morgan fingerprint density at radius 3 is 2.57 bits per heavy atom. The molecule has 0 aliphatic rings. The number of benzene rings is 1. The first-order valence-corrected chi connectivity index (χ1v) is 7.15. The Bertz CT molecular complexity index is 485.